The van der Waals surface area contributed by atoms with Crippen molar-refractivity contribution in [2.45, 2.75) is 130 Å². The topological polar surface area (TPSA) is 63.6 Å². The average Bonchev–Trinajstić information content (AvgIpc) is 2.62. The number of hydrogen-bond acceptors (Lipinski definition) is 3. The van der Waals surface area contributed by atoms with E-state index in [-0.39, 0.29) is 5.97 Å². The number of unbranched alkanes of at least 4 members (excludes halogenated alkanes) is 12. The average molecular weight is 387 g/mol. The second-order valence-corrected chi connectivity index (χ2v) is 7.36. The highest BCUT2D eigenvalue weighted by atomic mass is 16.5. The van der Waals surface area contributed by atoms with Crippen molar-refractivity contribution < 1.29 is 19.4 Å². The van der Waals surface area contributed by atoms with Crippen LogP contribution >= 0.6 is 0 Å². The number of ether oxygens (including phenoxy) is 1. The van der Waals surface area contributed by atoms with Gasteiger partial charge in [0.1, 0.15) is 0 Å². The van der Waals surface area contributed by atoms with Crippen molar-refractivity contribution in [2.75, 3.05) is 6.61 Å². The highest BCUT2D eigenvalue weighted by Gasteiger charge is 1.99. The van der Waals surface area contributed by atoms with Gasteiger partial charge in [-0.2, -0.15) is 0 Å². The zero-order valence-corrected chi connectivity index (χ0v) is 18.4. The van der Waals surface area contributed by atoms with Crippen LogP contribution in [-0.4, -0.2) is 23.7 Å². The van der Waals surface area contributed by atoms with E-state index in [0.29, 0.717) is 19.4 Å². The number of esters is 1. The molecule has 0 aliphatic rings. The summed E-state index contributed by atoms with van der Waals surface area (Å²) >= 11 is 0. The van der Waals surface area contributed by atoms with E-state index in [4.69, 9.17) is 9.84 Å². The van der Waals surface area contributed by atoms with Crippen LogP contribution in [0.4, 0.5) is 0 Å². The third-order valence-corrected chi connectivity index (χ3v) is 4.43. The number of carboxylic acid groups (broad SMARTS) is 1. The maximum atomic E-state index is 11.1. The Bertz CT molecular complexity index is 316. The molecule has 1 N–H and O–H groups in total. The Balaban J connectivity index is 0. The summed E-state index contributed by atoms with van der Waals surface area (Å²) in [4.78, 5) is 20.7. The molecule has 0 amide bonds. The van der Waals surface area contributed by atoms with Crippen LogP contribution in [0.2, 0.25) is 0 Å². The summed E-state index contributed by atoms with van der Waals surface area (Å²) in [6.45, 7) is 6.74. The van der Waals surface area contributed by atoms with Crippen LogP contribution in [0.25, 0.3) is 0 Å². The molecule has 0 bridgehead atoms. The molecule has 0 radical (unpaired) electrons. The van der Waals surface area contributed by atoms with E-state index >= 15 is 0 Å². The normalized spacial score (nSPS) is 10.2. The maximum Gasteiger partial charge on any atom is 0.305 e. The van der Waals surface area contributed by atoms with Gasteiger partial charge in [0.25, 0.3) is 0 Å². The third kappa shape index (κ3) is 29.9. The van der Waals surface area contributed by atoms with Crippen LogP contribution in [0.15, 0.2) is 0 Å². The van der Waals surface area contributed by atoms with Gasteiger partial charge >= 0.3 is 11.9 Å². The van der Waals surface area contributed by atoms with E-state index in [1.54, 1.807) is 0 Å². The largest absolute Gasteiger partial charge is 0.481 e. The van der Waals surface area contributed by atoms with Gasteiger partial charge in [-0.15, -0.1) is 0 Å². The van der Waals surface area contributed by atoms with Gasteiger partial charge in [-0.3, -0.25) is 9.59 Å². The number of rotatable bonds is 18. The molecular formula is C23H46O4. The predicted octanol–water partition coefficient (Wildman–Crippen LogP) is 7.29. The molecule has 0 heterocycles. The molecule has 0 aliphatic heterocycles. The Morgan fingerprint density at radius 1 is 0.593 bits per heavy atom. The molecule has 0 saturated heterocycles. The molecule has 0 unspecified atom stereocenters. The summed E-state index contributed by atoms with van der Waals surface area (Å²) in [5.41, 5.74) is 0. The van der Waals surface area contributed by atoms with Crippen LogP contribution in [0.5, 0.6) is 0 Å². The molecule has 0 rings (SSSR count). The summed E-state index contributed by atoms with van der Waals surface area (Å²) in [6.07, 6.45) is 20.0. The molecule has 162 valence electrons. The molecule has 0 aromatic heterocycles. The number of hydrogen-bond donors (Lipinski definition) is 1. The first-order valence-corrected chi connectivity index (χ1v) is 11.5. The number of carbonyl (C=O) groups excluding carboxylic acids is 1. The van der Waals surface area contributed by atoms with E-state index in [1.807, 2.05) is 13.8 Å². The molecule has 0 spiro atoms. The van der Waals surface area contributed by atoms with Crippen LogP contribution in [-0.2, 0) is 14.3 Å². The molecule has 4 nitrogen and oxygen atoms in total. The van der Waals surface area contributed by atoms with Gasteiger partial charge in [-0.25, -0.2) is 0 Å². The van der Waals surface area contributed by atoms with Gasteiger partial charge in [0.05, 0.1) is 6.61 Å². The number of aliphatic carboxylic acids is 1. The SMILES string of the molecule is CCCC(=O)O.CCCCCCCCCCCCCCCOC(=O)CCC. The minimum Gasteiger partial charge on any atom is -0.481 e. The molecular weight excluding hydrogens is 340 g/mol. The molecule has 0 saturated carbocycles. The molecule has 4 heteroatoms. The van der Waals surface area contributed by atoms with Crippen LogP contribution in [0.3, 0.4) is 0 Å². The summed E-state index contributed by atoms with van der Waals surface area (Å²) in [7, 11) is 0. The van der Waals surface area contributed by atoms with Gasteiger partial charge in [0, 0.05) is 12.8 Å². The van der Waals surface area contributed by atoms with Crippen molar-refractivity contribution in [2.24, 2.45) is 0 Å². The smallest absolute Gasteiger partial charge is 0.305 e. The maximum absolute atomic E-state index is 11.1. The highest BCUT2D eigenvalue weighted by Crippen LogP contribution is 2.12. The standard InChI is InChI=1S/C19H38O2.C4H8O2/c1-3-5-6-7-8-9-10-11-12-13-14-15-16-18-21-19(20)17-4-2;1-2-3-4(5)6/h3-18H2,1-2H3;2-3H2,1H3,(H,5,6). The zero-order chi connectivity index (χ0) is 20.6. The molecule has 0 aliphatic carbocycles. The molecule has 0 aromatic rings. The minimum absolute atomic E-state index is 0.0311. The van der Waals surface area contributed by atoms with Gasteiger partial charge in [0.15, 0.2) is 0 Å². The lowest BCUT2D eigenvalue weighted by Gasteiger charge is -2.04. The summed E-state index contributed by atoms with van der Waals surface area (Å²) in [5, 5.41) is 7.91. The Hall–Kier alpha value is -1.06. The fraction of sp³-hybridized carbons (Fsp3) is 0.913. The summed E-state index contributed by atoms with van der Waals surface area (Å²) in [6, 6.07) is 0. The van der Waals surface area contributed by atoms with Gasteiger partial charge < -0.3 is 9.84 Å². The minimum atomic E-state index is -0.711. The van der Waals surface area contributed by atoms with E-state index < -0.39 is 5.97 Å². The third-order valence-electron chi connectivity index (χ3n) is 4.43. The van der Waals surface area contributed by atoms with E-state index in [2.05, 4.69) is 6.92 Å². The van der Waals surface area contributed by atoms with Crippen molar-refractivity contribution >= 4 is 11.9 Å². The first-order chi connectivity index (χ1) is 13.1. The second-order valence-electron chi connectivity index (χ2n) is 7.36. The molecule has 0 fully saturated rings. The van der Waals surface area contributed by atoms with Gasteiger partial charge in [-0.05, 0) is 19.3 Å². The van der Waals surface area contributed by atoms with Crippen molar-refractivity contribution in [3.05, 3.63) is 0 Å². The van der Waals surface area contributed by atoms with Crippen LogP contribution < -0.4 is 0 Å². The van der Waals surface area contributed by atoms with Gasteiger partial charge in [0.2, 0.25) is 0 Å². The predicted molar refractivity (Wildman–Crippen MR) is 114 cm³/mol. The number of carboxylic acids is 1. The van der Waals surface area contributed by atoms with Crippen LogP contribution in [0, 0.1) is 0 Å². The quantitative estimate of drug-likeness (QED) is 0.198. The lowest BCUT2D eigenvalue weighted by Crippen LogP contribution is -2.04. The highest BCUT2D eigenvalue weighted by molar-refractivity contribution is 5.69. The molecule has 0 aromatic carbocycles. The number of carbonyl (C=O) groups is 2. The Labute approximate surface area is 168 Å². The van der Waals surface area contributed by atoms with Crippen molar-refractivity contribution in [1.82, 2.24) is 0 Å². The first-order valence-electron chi connectivity index (χ1n) is 11.5. The fourth-order valence-corrected chi connectivity index (χ4v) is 2.80. The van der Waals surface area contributed by atoms with Crippen molar-refractivity contribution in [3.63, 3.8) is 0 Å². The fourth-order valence-electron chi connectivity index (χ4n) is 2.80. The molecule has 0 atom stereocenters. The summed E-state index contributed by atoms with van der Waals surface area (Å²) in [5.74, 6) is -0.742. The first kappa shape index (κ1) is 28.2. The Morgan fingerprint density at radius 3 is 1.33 bits per heavy atom. The van der Waals surface area contributed by atoms with Crippen molar-refractivity contribution in [1.29, 1.82) is 0 Å². The Morgan fingerprint density at radius 2 is 1.00 bits per heavy atom. The van der Waals surface area contributed by atoms with E-state index in [9.17, 15) is 9.59 Å². The van der Waals surface area contributed by atoms with Crippen LogP contribution in [0.1, 0.15) is 130 Å². The second kappa shape index (κ2) is 24.9. The van der Waals surface area contributed by atoms with E-state index in [0.717, 1.165) is 19.3 Å². The van der Waals surface area contributed by atoms with Crippen molar-refractivity contribution in [3.8, 4) is 0 Å². The lowest BCUT2D eigenvalue weighted by atomic mass is 10.0. The lowest BCUT2D eigenvalue weighted by molar-refractivity contribution is -0.143. The summed E-state index contributed by atoms with van der Waals surface area (Å²) < 4.78 is 5.14. The Kier molecular flexibility index (Phi) is 26.0. The molecule has 27 heavy (non-hydrogen) atoms. The van der Waals surface area contributed by atoms with E-state index in [1.165, 1.54) is 77.0 Å². The van der Waals surface area contributed by atoms with Gasteiger partial charge in [-0.1, -0.05) is 97.8 Å². The monoisotopic (exact) mass is 386 g/mol. The zero-order valence-electron chi connectivity index (χ0n) is 18.4.